The number of nitrogens with zero attached hydrogens (tertiary/aromatic N) is 4. The van der Waals surface area contributed by atoms with Crippen LogP contribution in [0.2, 0.25) is 0 Å². The lowest BCUT2D eigenvalue weighted by atomic mass is 10.2. The van der Waals surface area contributed by atoms with Gasteiger partial charge in [-0.05, 0) is 25.3 Å². The number of benzene rings is 1. The first-order valence-corrected chi connectivity index (χ1v) is 10.4. The first-order chi connectivity index (χ1) is 13.7. The van der Waals surface area contributed by atoms with Crippen LogP contribution in [-0.4, -0.2) is 53.0 Å². The van der Waals surface area contributed by atoms with Gasteiger partial charge in [0.05, 0.1) is 0 Å². The van der Waals surface area contributed by atoms with Gasteiger partial charge in [-0.3, -0.25) is 9.69 Å². The van der Waals surface area contributed by atoms with Gasteiger partial charge in [0.2, 0.25) is 0 Å². The second-order valence-electron chi connectivity index (χ2n) is 7.86. The number of anilines is 1. The first-order valence-electron chi connectivity index (χ1n) is 10.4. The van der Waals surface area contributed by atoms with Crippen molar-refractivity contribution in [3.05, 3.63) is 53.5 Å². The van der Waals surface area contributed by atoms with Gasteiger partial charge in [0.15, 0.2) is 0 Å². The molecule has 28 heavy (non-hydrogen) atoms. The van der Waals surface area contributed by atoms with Crippen LogP contribution in [0.4, 0.5) is 5.82 Å². The summed E-state index contributed by atoms with van der Waals surface area (Å²) in [6.45, 7) is 6.64. The van der Waals surface area contributed by atoms with Gasteiger partial charge in [-0.1, -0.05) is 43.2 Å². The minimum atomic E-state index is -0.0682. The van der Waals surface area contributed by atoms with Crippen molar-refractivity contribution in [1.82, 2.24) is 20.2 Å². The third-order valence-corrected chi connectivity index (χ3v) is 5.69. The molecule has 2 fully saturated rings. The number of carbonyl (C=O) groups is 1. The Morgan fingerprint density at radius 1 is 1.07 bits per heavy atom. The Labute approximate surface area is 167 Å². The molecule has 6 heteroatoms. The van der Waals surface area contributed by atoms with Gasteiger partial charge in [0.25, 0.3) is 5.91 Å². The normalized spacial score (nSPS) is 18.4. The lowest BCUT2D eigenvalue weighted by molar-refractivity contribution is 0.0932. The van der Waals surface area contributed by atoms with Crippen LogP contribution >= 0.6 is 0 Å². The van der Waals surface area contributed by atoms with Crippen LogP contribution < -0.4 is 10.2 Å². The summed E-state index contributed by atoms with van der Waals surface area (Å²) < 4.78 is 0. The summed E-state index contributed by atoms with van der Waals surface area (Å²) in [5.41, 5.74) is 1.83. The van der Waals surface area contributed by atoms with Crippen molar-refractivity contribution in [3.63, 3.8) is 0 Å². The Morgan fingerprint density at radius 3 is 2.50 bits per heavy atom. The third-order valence-electron chi connectivity index (χ3n) is 5.69. The molecular formula is C22H29N5O. The molecule has 2 aromatic rings. The highest BCUT2D eigenvalue weighted by atomic mass is 16.1. The molecule has 1 saturated heterocycles. The highest BCUT2D eigenvalue weighted by Gasteiger charge is 2.22. The maximum atomic E-state index is 12.6. The number of hydrogen-bond acceptors (Lipinski definition) is 5. The number of carbonyl (C=O) groups excluding carboxylic acids is 1. The number of amides is 1. The molecule has 2 aliphatic rings. The lowest BCUT2D eigenvalue weighted by Gasteiger charge is -2.35. The highest BCUT2D eigenvalue weighted by Crippen LogP contribution is 2.20. The van der Waals surface area contributed by atoms with Crippen LogP contribution in [0.1, 0.15) is 47.6 Å². The van der Waals surface area contributed by atoms with Crippen molar-refractivity contribution in [2.45, 2.75) is 45.2 Å². The number of rotatable bonds is 5. The molecule has 1 aromatic heterocycles. The van der Waals surface area contributed by atoms with Crippen molar-refractivity contribution >= 4 is 11.7 Å². The Bertz CT molecular complexity index is 796. The smallest absolute Gasteiger partial charge is 0.270 e. The average molecular weight is 380 g/mol. The fourth-order valence-electron chi connectivity index (χ4n) is 4.14. The second kappa shape index (κ2) is 8.69. The molecule has 6 nitrogen and oxygen atoms in total. The van der Waals surface area contributed by atoms with E-state index in [9.17, 15) is 4.79 Å². The van der Waals surface area contributed by atoms with Crippen molar-refractivity contribution in [2.24, 2.45) is 0 Å². The van der Waals surface area contributed by atoms with Gasteiger partial charge in [0, 0.05) is 44.8 Å². The minimum absolute atomic E-state index is 0.0682. The molecule has 1 N–H and O–H groups in total. The van der Waals surface area contributed by atoms with E-state index < -0.39 is 0 Å². The fraction of sp³-hybridized carbons (Fsp3) is 0.500. The molecule has 2 heterocycles. The van der Waals surface area contributed by atoms with Crippen molar-refractivity contribution in [3.8, 4) is 0 Å². The summed E-state index contributed by atoms with van der Waals surface area (Å²) in [6.07, 6.45) is 4.55. The van der Waals surface area contributed by atoms with Crippen LogP contribution in [0.25, 0.3) is 0 Å². The molecule has 1 aromatic carbocycles. The molecular weight excluding hydrogens is 350 g/mol. The summed E-state index contributed by atoms with van der Waals surface area (Å²) in [7, 11) is 0. The zero-order valence-electron chi connectivity index (χ0n) is 16.6. The van der Waals surface area contributed by atoms with E-state index in [-0.39, 0.29) is 5.91 Å². The monoisotopic (exact) mass is 379 g/mol. The topological polar surface area (TPSA) is 61.4 Å². The van der Waals surface area contributed by atoms with E-state index in [1.54, 1.807) is 0 Å². The second-order valence-corrected chi connectivity index (χ2v) is 7.86. The van der Waals surface area contributed by atoms with Gasteiger partial charge in [-0.25, -0.2) is 9.97 Å². The Hall–Kier alpha value is -2.47. The predicted octanol–water partition coefficient (Wildman–Crippen LogP) is 2.78. The molecule has 1 saturated carbocycles. The molecule has 4 rings (SSSR count). The van der Waals surface area contributed by atoms with E-state index in [1.165, 1.54) is 18.4 Å². The molecule has 148 valence electrons. The van der Waals surface area contributed by atoms with Crippen LogP contribution in [-0.2, 0) is 6.54 Å². The Morgan fingerprint density at radius 2 is 1.79 bits per heavy atom. The van der Waals surface area contributed by atoms with E-state index in [4.69, 9.17) is 0 Å². The zero-order valence-corrected chi connectivity index (χ0v) is 16.6. The van der Waals surface area contributed by atoms with Gasteiger partial charge < -0.3 is 10.2 Å². The standard InChI is InChI=1S/C22H29N5O/c1-17-23-20(22(28)25-19-9-5-6-10-19)15-21(24-17)27-13-11-26(12-14-27)16-18-7-3-2-4-8-18/h2-4,7-8,15,19H,5-6,9-14,16H2,1H3,(H,25,28). The number of aromatic nitrogens is 2. The largest absolute Gasteiger partial charge is 0.354 e. The zero-order chi connectivity index (χ0) is 19.3. The molecule has 1 amide bonds. The van der Waals surface area contributed by atoms with Gasteiger partial charge in [-0.2, -0.15) is 0 Å². The van der Waals surface area contributed by atoms with E-state index in [0.717, 1.165) is 51.4 Å². The number of nitrogens with one attached hydrogen (secondary N) is 1. The van der Waals surface area contributed by atoms with Gasteiger partial charge in [-0.15, -0.1) is 0 Å². The summed E-state index contributed by atoms with van der Waals surface area (Å²) in [5.74, 6) is 1.45. The van der Waals surface area contributed by atoms with Crippen molar-refractivity contribution in [2.75, 3.05) is 31.1 Å². The highest BCUT2D eigenvalue weighted by molar-refractivity contribution is 5.93. The van der Waals surface area contributed by atoms with Crippen LogP contribution in [0.15, 0.2) is 36.4 Å². The van der Waals surface area contributed by atoms with E-state index in [0.29, 0.717) is 17.6 Å². The van der Waals surface area contributed by atoms with Crippen molar-refractivity contribution in [1.29, 1.82) is 0 Å². The maximum Gasteiger partial charge on any atom is 0.270 e. The van der Waals surface area contributed by atoms with E-state index in [1.807, 2.05) is 13.0 Å². The molecule has 0 unspecified atom stereocenters. The van der Waals surface area contributed by atoms with Gasteiger partial charge >= 0.3 is 0 Å². The van der Waals surface area contributed by atoms with E-state index in [2.05, 4.69) is 55.4 Å². The van der Waals surface area contributed by atoms with E-state index >= 15 is 0 Å². The molecule has 0 radical (unpaired) electrons. The molecule has 1 aliphatic heterocycles. The maximum absolute atomic E-state index is 12.6. The number of hydrogen-bond donors (Lipinski definition) is 1. The predicted molar refractivity (Wildman–Crippen MR) is 110 cm³/mol. The molecule has 0 bridgehead atoms. The lowest BCUT2D eigenvalue weighted by Crippen LogP contribution is -2.46. The van der Waals surface area contributed by atoms with Crippen molar-refractivity contribution < 1.29 is 4.79 Å². The summed E-state index contributed by atoms with van der Waals surface area (Å²) in [5, 5.41) is 3.13. The molecule has 1 aliphatic carbocycles. The molecule has 0 spiro atoms. The van der Waals surface area contributed by atoms with Gasteiger partial charge in [0.1, 0.15) is 17.3 Å². The Balaban J connectivity index is 1.38. The number of piperazine rings is 1. The first kappa shape index (κ1) is 18.9. The SMILES string of the molecule is Cc1nc(C(=O)NC2CCCC2)cc(N2CCN(Cc3ccccc3)CC2)n1. The quantitative estimate of drug-likeness (QED) is 0.866. The number of aryl methyl sites for hydroxylation is 1. The summed E-state index contributed by atoms with van der Waals surface area (Å²) >= 11 is 0. The Kier molecular flexibility index (Phi) is 5.86. The van der Waals surface area contributed by atoms with Crippen LogP contribution in [0.5, 0.6) is 0 Å². The third kappa shape index (κ3) is 4.68. The summed E-state index contributed by atoms with van der Waals surface area (Å²) in [4.78, 5) is 26.3. The fourth-order valence-corrected chi connectivity index (χ4v) is 4.14. The minimum Gasteiger partial charge on any atom is -0.354 e. The van der Waals surface area contributed by atoms with Crippen LogP contribution in [0, 0.1) is 6.92 Å². The summed E-state index contributed by atoms with van der Waals surface area (Å²) in [6, 6.07) is 12.7. The van der Waals surface area contributed by atoms with Crippen LogP contribution in [0.3, 0.4) is 0 Å². The average Bonchev–Trinajstić information content (AvgIpc) is 3.22. The molecule has 0 atom stereocenters.